The van der Waals surface area contributed by atoms with Gasteiger partial charge >= 0.3 is 0 Å². The number of rotatable bonds is 1. The fourth-order valence-electron chi connectivity index (χ4n) is 0.714. The number of benzene rings is 1. The van der Waals surface area contributed by atoms with Gasteiger partial charge in [-0.25, -0.2) is 0 Å². The first-order valence-electron chi connectivity index (χ1n) is 3.42. The topological polar surface area (TPSA) is 20.2 Å². The maximum absolute atomic E-state index is 7.00. The maximum atomic E-state index is 7.00. The van der Waals surface area contributed by atoms with Crippen molar-refractivity contribution in [2.75, 3.05) is 7.11 Å². The molecule has 0 saturated heterocycles. The van der Waals surface area contributed by atoms with Crippen LogP contribution in [0.4, 0.5) is 0 Å². The van der Waals surface area contributed by atoms with E-state index in [1.54, 1.807) is 0 Å². The van der Waals surface area contributed by atoms with E-state index in [0.29, 0.717) is 0 Å². The van der Waals surface area contributed by atoms with Crippen LogP contribution in [0.1, 0.15) is 12.5 Å². The van der Waals surface area contributed by atoms with Crippen LogP contribution in [-0.4, -0.2) is 12.2 Å². The molecule has 1 aromatic rings. The van der Waals surface area contributed by atoms with Crippen molar-refractivity contribution >= 4 is 0 Å². The fraction of sp³-hybridized carbons (Fsp3) is 0.300. The van der Waals surface area contributed by atoms with Crippen molar-refractivity contribution in [2.45, 2.75) is 13.3 Å². The van der Waals surface area contributed by atoms with Gasteiger partial charge in [-0.2, -0.15) is 0 Å². The number of aliphatic hydroxyl groups excluding tert-OH is 1. The van der Waals surface area contributed by atoms with Crippen molar-refractivity contribution < 1.29 is 37.8 Å². The largest absolute Gasteiger partial charge is 0.400 e. The molecule has 2 heteroatoms. The average Bonchev–Trinajstić information content (AvgIpc) is 2.10. The third-order valence-electron chi connectivity index (χ3n) is 1.25. The molecule has 67 valence electrons. The van der Waals surface area contributed by atoms with Crippen molar-refractivity contribution in [2.24, 2.45) is 0 Å². The van der Waals surface area contributed by atoms with Crippen molar-refractivity contribution in [1.82, 2.24) is 0 Å². The molecule has 1 N–H and O–H groups in total. The summed E-state index contributed by atoms with van der Waals surface area (Å²) in [5.74, 6) is 0. The Hall–Kier alpha value is 0.284. The van der Waals surface area contributed by atoms with Gasteiger partial charge in [-0.3, -0.25) is 0 Å². The Labute approximate surface area is 101 Å². The van der Waals surface area contributed by atoms with Crippen molar-refractivity contribution in [3.05, 3.63) is 43.3 Å². The van der Waals surface area contributed by atoms with Gasteiger partial charge in [0.15, 0.2) is 0 Å². The molecule has 0 saturated carbocycles. The predicted octanol–water partition coefficient (Wildman–Crippen LogP) is 2.31. The molecule has 0 aliphatic carbocycles. The van der Waals surface area contributed by atoms with Crippen molar-refractivity contribution in [3.63, 3.8) is 0 Å². The molecular formula is C10H17OY-. The van der Waals surface area contributed by atoms with E-state index >= 15 is 0 Å². The van der Waals surface area contributed by atoms with Crippen molar-refractivity contribution in [3.8, 4) is 0 Å². The second-order valence-electron chi connectivity index (χ2n) is 1.84. The molecule has 0 aliphatic rings. The summed E-state index contributed by atoms with van der Waals surface area (Å²) in [4.78, 5) is 0. The standard InChI is InChI=1S/C8H10.CH4O.CH3.Y/c1-2-8-6-4-3-5-7-8;1-2;;/h3-7H,2H2,1H3;2H,1H3;1H3;/q;;-1;. The molecule has 1 radical (unpaired) electrons. The van der Waals surface area contributed by atoms with Crippen LogP contribution in [0, 0.1) is 7.43 Å². The van der Waals surface area contributed by atoms with Gasteiger partial charge in [0.05, 0.1) is 0 Å². The second kappa shape index (κ2) is 13.8. The van der Waals surface area contributed by atoms with Crippen LogP contribution in [0.3, 0.4) is 0 Å². The molecule has 0 aromatic heterocycles. The minimum Gasteiger partial charge on any atom is -0.400 e. The zero-order valence-electron chi connectivity index (χ0n) is 8.12. The summed E-state index contributed by atoms with van der Waals surface area (Å²) in [6, 6.07) is 10.5. The van der Waals surface area contributed by atoms with E-state index in [1.165, 1.54) is 5.56 Å². The summed E-state index contributed by atoms with van der Waals surface area (Å²) >= 11 is 0. The van der Waals surface area contributed by atoms with E-state index in [0.717, 1.165) is 13.5 Å². The zero-order valence-corrected chi connectivity index (χ0v) is 11.0. The zero-order chi connectivity index (χ0) is 7.82. The van der Waals surface area contributed by atoms with Gasteiger partial charge in [-0.15, -0.1) is 0 Å². The summed E-state index contributed by atoms with van der Waals surface area (Å²) in [6.07, 6.45) is 1.14. The molecule has 0 amide bonds. The van der Waals surface area contributed by atoms with Gasteiger partial charge in [-0.1, -0.05) is 37.3 Å². The van der Waals surface area contributed by atoms with Crippen LogP contribution < -0.4 is 0 Å². The Bertz CT molecular complexity index is 151. The Morgan fingerprint density at radius 3 is 1.75 bits per heavy atom. The van der Waals surface area contributed by atoms with E-state index in [9.17, 15) is 0 Å². The van der Waals surface area contributed by atoms with Crippen LogP contribution in [0.2, 0.25) is 0 Å². The first-order valence-corrected chi connectivity index (χ1v) is 3.42. The summed E-state index contributed by atoms with van der Waals surface area (Å²) in [5, 5.41) is 7.00. The normalized spacial score (nSPS) is 6.58. The third kappa shape index (κ3) is 8.38. The summed E-state index contributed by atoms with van der Waals surface area (Å²) in [5.41, 5.74) is 1.41. The molecule has 0 aliphatic heterocycles. The minimum atomic E-state index is 0. The van der Waals surface area contributed by atoms with Crippen LogP contribution in [0.25, 0.3) is 0 Å². The minimum absolute atomic E-state index is 0. The van der Waals surface area contributed by atoms with Crippen LogP contribution in [0.5, 0.6) is 0 Å². The first-order chi connectivity index (χ1) is 4.93. The molecule has 0 heterocycles. The van der Waals surface area contributed by atoms with Crippen LogP contribution in [-0.2, 0) is 39.1 Å². The fourth-order valence-corrected chi connectivity index (χ4v) is 0.714. The summed E-state index contributed by atoms with van der Waals surface area (Å²) < 4.78 is 0. The third-order valence-corrected chi connectivity index (χ3v) is 1.25. The molecule has 0 fully saturated rings. The molecule has 1 rings (SSSR count). The maximum Gasteiger partial charge on any atom is 0.0319 e. The van der Waals surface area contributed by atoms with Gasteiger partial charge < -0.3 is 12.5 Å². The van der Waals surface area contributed by atoms with Crippen molar-refractivity contribution in [1.29, 1.82) is 0 Å². The number of hydrogen-bond donors (Lipinski definition) is 1. The van der Waals surface area contributed by atoms with E-state index in [4.69, 9.17) is 5.11 Å². The van der Waals surface area contributed by atoms with E-state index < -0.39 is 0 Å². The molecule has 0 bridgehead atoms. The van der Waals surface area contributed by atoms with Crippen LogP contribution >= 0.6 is 0 Å². The molecule has 1 nitrogen and oxygen atoms in total. The number of hydrogen-bond acceptors (Lipinski definition) is 1. The molecule has 0 unspecified atom stereocenters. The van der Waals surface area contributed by atoms with Crippen LogP contribution in [0.15, 0.2) is 30.3 Å². The number of aliphatic hydroxyl groups is 1. The van der Waals surface area contributed by atoms with Gasteiger partial charge in [0.2, 0.25) is 0 Å². The molecular weight excluding hydrogens is 225 g/mol. The van der Waals surface area contributed by atoms with E-state index in [2.05, 4.69) is 31.2 Å². The van der Waals surface area contributed by atoms with E-state index in [1.807, 2.05) is 6.07 Å². The van der Waals surface area contributed by atoms with Gasteiger partial charge in [-0.05, 0) is 12.0 Å². The average molecular weight is 242 g/mol. The monoisotopic (exact) mass is 242 g/mol. The van der Waals surface area contributed by atoms with Gasteiger partial charge in [0.25, 0.3) is 0 Å². The molecule has 0 atom stereocenters. The molecule has 12 heavy (non-hydrogen) atoms. The Balaban J connectivity index is -0.000000189. The first kappa shape index (κ1) is 18.1. The number of aryl methyl sites for hydroxylation is 1. The summed E-state index contributed by atoms with van der Waals surface area (Å²) in [7, 11) is 1.00. The van der Waals surface area contributed by atoms with E-state index in [-0.39, 0.29) is 40.1 Å². The molecule has 1 aromatic carbocycles. The summed E-state index contributed by atoms with van der Waals surface area (Å²) in [6.45, 7) is 2.16. The SMILES string of the molecule is CCc1ccccc1.CO.[CH3-].[Y]. The Morgan fingerprint density at radius 1 is 1.08 bits per heavy atom. The van der Waals surface area contributed by atoms with Gasteiger partial charge in [0, 0.05) is 39.8 Å². The Morgan fingerprint density at radius 2 is 1.50 bits per heavy atom. The quantitative estimate of drug-likeness (QED) is 0.749. The smallest absolute Gasteiger partial charge is 0.0319 e. The Kier molecular flexibility index (Phi) is 20.9. The predicted molar refractivity (Wildman–Crippen MR) is 50.4 cm³/mol. The van der Waals surface area contributed by atoms with Gasteiger partial charge in [0.1, 0.15) is 0 Å². The molecule has 0 spiro atoms. The second-order valence-corrected chi connectivity index (χ2v) is 1.84.